The van der Waals surface area contributed by atoms with Crippen molar-refractivity contribution >= 4 is 5.97 Å². The van der Waals surface area contributed by atoms with Crippen LogP contribution in [-0.2, 0) is 11.3 Å². The summed E-state index contributed by atoms with van der Waals surface area (Å²) in [7, 11) is 0. The fourth-order valence-electron chi connectivity index (χ4n) is 2.81. The number of aryl methyl sites for hydroxylation is 2. The number of carboxylic acids is 1. The molecule has 0 bridgehead atoms. The monoisotopic (exact) mass is 261 g/mol. The number of carbonyl (C=O) groups is 1. The van der Waals surface area contributed by atoms with Crippen LogP contribution < -0.4 is 0 Å². The van der Waals surface area contributed by atoms with E-state index in [1.807, 2.05) is 6.92 Å². The minimum absolute atomic E-state index is 0.585. The van der Waals surface area contributed by atoms with Gasteiger partial charge in [0.15, 0.2) is 0 Å². The van der Waals surface area contributed by atoms with E-state index in [-0.39, 0.29) is 0 Å². The highest BCUT2D eigenvalue weighted by molar-refractivity contribution is 5.74. The molecule has 0 amide bonds. The Morgan fingerprint density at radius 1 is 1.37 bits per heavy atom. The van der Waals surface area contributed by atoms with Gasteiger partial charge in [-0.05, 0) is 56.8 Å². The number of carboxylic acid groups (broad SMARTS) is 1. The number of likely N-dealkylation sites (tertiary alicyclic amines) is 1. The van der Waals surface area contributed by atoms with Crippen molar-refractivity contribution in [3.63, 3.8) is 0 Å². The van der Waals surface area contributed by atoms with Gasteiger partial charge in [0.05, 0.1) is 5.41 Å². The number of hydrogen-bond donors (Lipinski definition) is 1. The molecule has 3 heteroatoms. The first-order valence-electron chi connectivity index (χ1n) is 6.93. The van der Waals surface area contributed by atoms with E-state index in [2.05, 4.69) is 36.9 Å². The first kappa shape index (κ1) is 14.1. The van der Waals surface area contributed by atoms with Crippen LogP contribution in [0.5, 0.6) is 0 Å². The lowest BCUT2D eigenvalue weighted by Gasteiger charge is -2.37. The maximum absolute atomic E-state index is 11.3. The maximum Gasteiger partial charge on any atom is 0.310 e. The Kier molecular flexibility index (Phi) is 3.95. The first-order valence-corrected chi connectivity index (χ1v) is 6.93. The van der Waals surface area contributed by atoms with E-state index in [1.165, 1.54) is 16.7 Å². The van der Waals surface area contributed by atoms with Crippen LogP contribution in [0.15, 0.2) is 18.2 Å². The van der Waals surface area contributed by atoms with Gasteiger partial charge in [0.25, 0.3) is 0 Å². The zero-order valence-electron chi connectivity index (χ0n) is 12.1. The second-order valence-corrected chi connectivity index (χ2v) is 6.10. The zero-order chi connectivity index (χ0) is 14.0. The predicted molar refractivity (Wildman–Crippen MR) is 76.2 cm³/mol. The van der Waals surface area contributed by atoms with Gasteiger partial charge in [-0.3, -0.25) is 9.69 Å². The lowest BCUT2D eigenvalue weighted by Crippen LogP contribution is -2.45. The van der Waals surface area contributed by atoms with Crippen molar-refractivity contribution in [3.8, 4) is 0 Å². The van der Waals surface area contributed by atoms with Crippen LogP contribution in [0.1, 0.15) is 36.5 Å². The molecule has 1 heterocycles. The second-order valence-electron chi connectivity index (χ2n) is 6.10. The Morgan fingerprint density at radius 3 is 2.74 bits per heavy atom. The Labute approximate surface area is 115 Å². The average Bonchev–Trinajstić information content (AvgIpc) is 2.34. The highest BCUT2D eigenvalue weighted by atomic mass is 16.4. The number of hydrogen-bond acceptors (Lipinski definition) is 2. The van der Waals surface area contributed by atoms with Gasteiger partial charge in [-0.1, -0.05) is 18.2 Å². The van der Waals surface area contributed by atoms with Gasteiger partial charge in [-0.25, -0.2) is 0 Å². The molecule has 1 fully saturated rings. The van der Waals surface area contributed by atoms with Crippen LogP contribution in [-0.4, -0.2) is 29.1 Å². The fraction of sp³-hybridized carbons (Fsp3) is 0.562. The Hall–Kier alpha value is -1.35. The highest BCUT2D eigenvalue weighted by Gasteiger charge is 2.37. The van der Waals surface area contributed by atoms with Gasteiger partial charge in [0, 0.05) is 13.1 Å². The van der Waals surface area contributed by atoms with Crippen LogP contribution >= 0.6 is 0 Å². The number of rotatable bonds is 3. The summed E-state index contributed by atoms with van der Waals surface area (Å²) >= 11 is 0. The minimum atomic E-state index is -0.669. The maximum atomic E-state index is 11.3. The smallest absolute Gasteiger partial charge is 0.310 e. The van der Waals surface area contributed by atoms with Crippen molar-refractivity contribution in [2.75, 3.05) is 13.1 Å². The normalized spacial score (nSPS) is 24.4. The fourth-order valence-corrected chi connectivity index (χ4v) is 2.81. The van der Waals surface area contributed by atoms with Crippen LogP contribution in [0.25, 0.3) is 0 Å². The molecule has 1 aromatic carbocycles. The summed E-state index contributed by atoms with van der Waals surface area (Å²) in [5.41, 5.74) is 3.30. The SMILES string of the molecule is Cc1ccc(CN2CCCC(C)(C(=O)O)C2)cc1C. The molecule has 0 saturated carbocycles. The summed E-state index contributed by atoms with van der Waals surface area (Å²) in [6.07, 6.45) is 1.75. The number of piperidine rings is 1. The van der Waals surface area contributed by atoms with Crippen LogP contribution in [0.4, 0.5) is 0 Å². The van der Waals surface area contributed by atoms with E-state index in [0.717, 1.165) is 25.9 Å². The third-order valence-corrected chi connectivity index (χ3v) is 4.27. The average molecular weight is 261 g/mol. The van der Waals surface area contributed by atoms with Gasteiger partial charge < -0.3 is 5.11 Å². The van der Waals surface area contributed by atoms with Crippen molar-refractivity contribution < 1.29 is 9.90 Å². The number of aliphatic carboxylic acids is 1. The topological polar surface area (TPSA) is 40.5 Å². The van der Waals surface area contributed by atoms with Crippen LogP contribution in [0, 0.1) is 19.3 Å². The van der Waals surface area contributed by atoms with Crippen LogP contribution in [0.3, 0.4) is 0 Å². The Balaban J connectivity index is 2.06. The molecule has 0 spiro atoms. The molecule has 19 heavy (non-hydrogen) atoms. The Bertz CT molecular complexity index is 484. The van der Waals surface area contributed by atoms with Gasteiger partial charge in [-0.15, -0.1) is 0 Å². The molecule has 1 atom stereocenters. The lowest BCUT2D eigenvalue weighted by molar-refractivity contribution is -0.151. The van der Waals surface area contributed by atoms with E-state index in [0.29, 0.717) is 6.54 Å². The van der Waals surface area contributed by atoms with E-state index < -0.39 is 11.4 Å². The van der Waals surface area contributed by atoms with Crippen molar-refractivity contribution in [3.05, 3.63) is 34.9 Å². The third-order valence-electron chi connectivity index (χ3n) is 4.27. The molecule has 1 aliphatic heterocycles. The molecule has 3 nitrogen and oxygen atoms in total. The Morgan fingerprint density at radius 2 is 2.11 bits per heavy atom. The molecular formula is C16H23NO2. The van der Waals surface area contributed by atoms with Crippen molar-refractivity contribution in [1.82, 2.24) is 4.90 Å². The molecule has 1 saturated heterocycles. The summed E-state index contributed by atoms with van der Waals surface area (Å²) < 4.78 is 0. The largest absolute Gasteiger partial charge is 0.481 e. The second kappa shape index (κ2) is 5.33. The van der Waals surface area contributed by atoms with E-state index >= 15 is 0 Å². The third kappa shape index (κ3) is 3.16. The van der Waals surface area contributed by atoms with Gasteiger partial charge >= 0.3 is 5.97 Å². The summed E-state index contributed by atoms with van der Waals surface area (Å²) in [5, 5.41) is 9.34. The molecule has 104 valence electrons. The molecule has 0 radical (unpaired) electrons. The molecule has 0 aromatic heterocycles. The van der Waals surface area contributed by atoms with Gasteiger partial charge in [0.1, 0.15) is 0 Å². The highest BCUT2D eigenvalue weighted by Crippen LogP contribution is 2.30. The van der Waals surface area contributed by atoms with Gasteiger partial charge in [0.2, 0.25) is 0 Å². The predicted octanol–water partition coefficient (Wildman–Crippen LogP) is 2.99. The molecular weight excluding hydrogens is 238 g/mol. The lowest BCUT2D eigenvalue weighted by atomic mass is 9.82. The standard InChI is InChI=1S/C16H23NO2/c1-12-5-6-14(9-13(12)2)10-17-8-4-7-16(3,11-17)15(18)19/h5-6,9H,4,7-8,10-11H2,1-3H3,(H,18,19). The molecule has 1 unspecified atom stereocenters. The molecule has 1 aromatic rings. The molecule has 0 aliphatic carbocycles. The van der Waals surface area contributed by atoms with Crippen LogP contribution in [0.2, 0.25) is 0 Å². The van der Waals surface area contributed by atoms with Gasteiger partial charge in [-0.2, -0.15) is 0 Å². The minimum Gasteiger partial charge on any atom is -0.481 e. The zero-order valence-corrected chi connectivity index (χ0v) is 12.1. The summed E-state index contributed by atoms with van der Waals surface area (Å²) in [4.78, 5) is 13.6. The summed E-state index contributed by atoms with van der Waals surface area (Å²) in [5.74, 6) is -0.669. The molecule has 1 aliphatic rings. The van der Waals surface area contributed by atoms with E-state index in [4.69, 9.17) is 0 Å². The molecule has 2 rings (SSSR count). The van der Waals surface area contributed by atoms with Crippen molar-refractivity contribution in [2.45, 2.75) is 40.2 Å². The number of nitrogens with zero attached hydrogens (tertiary/aromatic N) is 1. The quantitative estimate of drug-likeness (QED) is 0.909. The summed E-state index contributed by atoms with van der Waals surface area (Å²) in [6, 6.07) is 6.50. The van der Waals surface area contributed by atoms with Crippen molar-refractivity contribution in [1.29, 1.82) is 0 Å². The summed E-state index contributed by atoms with van der Waals surface area (Å²) in [6.45, 7) is 8.59. The van der Waals surface area contributed by atoms with E-state index in [9.17, 15) is 9.90 Å². The number of benzene rings is 1. The molecule has 1 N–H and O–H groups in total. The van der Waals surface area contributed by atoms with E-state index in [1.54, 1.807) is 0 Å². The first-order chi connectivity index (χ1) is 8.90. The van der Waals surface area contributed by atoms with Crippen molar-refractivity contribution in [2.24, 2.45) is 5.41 Å².